The summed E-state index contributed by atoms with van der Waals surface area (Å²) in [5, 5.41) is 7.39. The van der Waals surface area contributed by atoms with E-state index in [1.54, 1.807) is 0 Å². The van der Waals surface area contributed by atoms with Crippen molar-refractivity contribution in [3.05, 3.63) is 17.3 Å². The van der Waals surface area contributed by atoms with Gasteiger partial charge in [0.15, 0.2) is 5.65 Å². The maximum atomic E-state index is 6.04. The summed E-state index contributed by atoms with van der Waals surface area (Å²) >= 11 is 0. The van der Waals surface area contributed by atoms with Crippen molar-refractivity contribution < 1.29 is 0 Å². The number of hydrogen-bond donors (Lipinski definition) is 3. The van der Waals surface area contributed by atoms with Gasteiger partial charge in [-0.05, 0) is 32.4 Å². The first-order chi connectivity index (χ1) is 8.97. The van der Waals surface area contributed by atoms with E-state index in [1.807, 2.05) is 19.9 Å². The molecule has 6 heteroatoms. The Bertz CT molecular complexity index is 647. The first kappa shape index (κ1) is 12.1. The van der Waals surface area contributed by atoms with Gasteiger partial charge in [0.2, 0.25) is 5.95 Å². The molecule has 3 rings (SSSR count). The van der Waals surface area contributed by atoms with E-state index in [0.717, 1.165) is 29.7 Å². The van der Waals surface area contributed by atoms with Crippen LogP contribution < -0.4 is 16.4 Å². The highest BCUT2D eigenvalue weighted by Gasteiger charge is 2.32. The number of aryl methyl sites for hydroxylation is 2. The van der Waals surface area contributed by atoms with Crippen LogP contribution in [0.1, 0.15) is 18.2 Å². The van der Waals surface area contributed by atoms with E-state index in [1.165, 1.54) is 0 Å². The third kappa shape index (κ3) is 2.08. The lowest BCUT2D eigenvalue weighted by Crippen LogP contribution is -2.62. The van der Waals surface area contributed by atoms with Gasteiger partial charge in [0.05, 0.1) is 10.9 Å². The second-order valence-corrected chi connectivity index (χ2v) is 5.50. The van der Waals surface area contributed by atoms with Crippen molar-refractivity contribution in [3.63, 3.8) is 0 Å². The molecule has 1 aliphatic heterocycles. The second kappa shape index (κ2) is 4.03. The minimum Gasteiger partial charge on any atom is -0.383 e. The maximum Gasteiger partial charge on any atom is 0.227 e. The topological polar surface area (TPSA) is 88.8 Å². The molecule has 0 amide bonds. The molecule has 2 aromatic rings. The van der Waals surface area contributed by atoms with E-state index >= 15 is 0 Å². The lowest BCUT2D eigenvalue weighted by atomic mass is 9.96. The van der Waals surface area contributed by atoms with Gasteiger partial charge in [-0.15, -0.1) is 0 Å². The number of nitrogens with zero attached hydrogens (tertiary/aromatic N) is 3. The Balaban J connectivity index is 2.08. The van der Waals surface area contributed by atoms with Crippen LogP contribution in [0, 0.1) is 13.8 Å². The van der Waals surface area contributed by atoms with Crippen LogP contribution in [0.3, 0.4) is 0 Å². The molecule has 0 saturated carbocycles. The smallest absolute Gasteiger partial charge is 0.227 e. The third-order valence-corrected chi connectivity index (χ3v) is 3.46. The highest BCUT2D eigenvalue weighted by atomic mass is 15.2. The quantitative estimate of drug-likeness (QED) is 0.744. The van der Waals surface area contributed by atoms with Gasteiger partial charge in [0.1, 0.15) is 5.82 Å². The molecule has 0 atom stereocenters. The van der Waals surface area contributed by atoms with E-state index < -0.39 is 0 Å². The highest BCUT2D eigenvalue weighted by molar-refractivity contribution is 5.89. The molecular weight excluding hydrogens is 240 g/mol. The average Bonchev–Trinajstić information content (AvgIpc) is 2.25. The van der Waals surface area contributed by atoms with Crippen LogP contribution in [0.4, 0.5) is 11.8 Å². The first-order valence-electron chi connectivity index (χ1n) is 6.37. The van der Waals surface area contributed by atoms with Crippen molar-refractivity contribution >= 4 is 22.8 Å². The standard InChI is InChI=1S/C13H18N6/c1-7-4-8(2)16-11-9(7)10(14)17-12(18-11)19-13(3)5-15-6-13/h4,15H,5-6H2,1-3H3,(H3,14,16,17,18,19). The zero-order valence-electron chi connectivity index (χ0n) is 11.4. The van der Waals surface area contributed by atoms with Gasteiger partial charge in [-0.3, -0.25) is 0 Å². The SMILES string of the molecule is Cc1cc(C)c2c(N)nc(NC3(C)CNC3)nc2n1. The normalized spacial score (nSPS) is 17.2. The molecule has 19 heavy (non-hydrogen) atoms. The van der Waals surface area contributed by atoms with E-state index in [9.17, 15) is 0 Å². The van der Waals surface area contributed by atoms with Crippen LogP contribution in [-0.4, -0.2) is 33.6 Å². The molecule has 0 aliphatic carbocycles. The second-order valence-electron chi connectivity index (χ2n) is 5.50. The lowest BCUT2D eigenvalue weighted by Gasteiger charge is -2.40. The van der Waals surface area contributed by atoms with Crippen LogP contribution in [0.25, 0.3) is 11.0 Å². The Hall–Kier alpha value is -1.95. The first-order valence-corrected chi connectivity index (χ1v) is 6.37. The van der Waals surface area contributed by atoms with E-state index in [4.69, 9.17) is 5.73 Å². The van der Waals surface area contributed by atoms with Crippen LogP contribution in [0.5, 0.6) is 0 Å². The van der Waals surface area contributed by atoms with Crippen molar-refractivity contribution in [1.29, 1.82) is 0 Å². The van der Waals surface area contributed by atoms with Crippen molar-refractivity contribution in [2.45, 2.75) is 26.3 Å². The number of aromatic nitrogens is 3. The molecule has 1 aliphatic rings. The summed E-state index contributed by atoms with van der Waals surface area (Å²) in [4.78, 5) is 13.3. The molecule has 1 fully saturated rings. The fraction of sp³-hybridized carbons (Fsp3) is 0.462. The minimum absolute atomic E-state index is 0.00101. The number of rotatable bonds is 2. The number of nitrogens with one attached hydrogen (secondary N) is 2. The van der Waals surface area contributed by atoms with Crippen LogP contribution >= 0.6 is 0 Å². The van der Waals surface area contributed by atoms with Gasteiger partial charge < -0.3 is 16.4 Å². The van der Waals surface area contributed by atoms with E-state index in [2.05, 4.69) is 32.5 Å². The minimum atomic E-state index is -0.00101. The summed E-state index contributed by atoms with van der Waals surface area (Å²) in [5.74, 6) is 1.03. The summed E-state index contributed by atoms with van der Waals surface area (Å²) in [5.41, 5.74) is 8.69. The molecule has 3 heterocycles. The van der Waals surface area contributed by atoms with Crippen molar-refractivity contribution in [2.24, 2.45) is 0 Å². The summed E-state index contributed by atoms with van der Waals surface area (Å²) in [6.45, 7) is 7.88. The van der Waals surface area contributed by atoms with Gasteiger partial charge in [0.25, 0.3) is 0 Å². The highest BCUT2D eigenvalue weighted by Crippen LogP contribution is 2.24. The summed E-state index contributed by atoms with van der Waals surface area (Å²) < 4.78 is 0. The van der Waals surface area contributed by atoms with Gasteiger partial charge in [0, 0.05) is 18.8 Å². The van der Waals surface area contributed by atoms with Crippen LogP contribution in [0.15, 0.2) is 6.07 Å². The Kier molecular flexibility index (Phi) is 2.56. The summed E-state index contributed by atoms with van der Waals surface area (Å²) in [6, 6.07) is 1.99. The zero-order chi connectivity index (χ0) is 13.6. The monoisotopic (exact) mass is 258 g/mol. The maximum absolute atomic E-state index is 6.04. The van der Waals surface area contributed by atoms with E-state index in [-0.39, 0.29) is 5.54 Å². The van der Waals surface area contributed by atoms with Crippen molar-refractivity contribution in [2.75, 3.05) is 24.1 Å². The molecule has 0 radical (unpaired) electrons. The van der Waals surface area contributed by atoms with Crippen molar-refractivity contribution in [1.82, 2.24) is 20.3 Å². The predicted molar refractivity (Wildman–Crippen MR) is 76.1 cm³/mol. The molecule has 0 spiro atoms. The number of nitrogens with two attached hydrogens (primary N) is 1. The fourth-order valence-corrected chi connectivity index (χ4v) is 2.42. The Morgan fingerprint density at radius 2 is 2.00 bits per heavy atom. The Labute approximate surface area is 111 Å². The Morgan fingerprint density at radius 3 is 2.63 bits per heavy atom. The molecule has 2 aromatic heterocycles. The molecule has 0 bridgehead atoms. The molecule has 100 valence electrons. The predicted octanol–water partition coefficient (Wildman–Crippen LogP) is 0.998. The average molecular weight is 258 g/mol. The van der Waals surface area contributed by atoms with Gasteiger partial charge in [-0.2, -0.15) is 9.97 Å². The zero-order valence-corrected chi connectivity index (χ0v) is 11.4. The Morgan fingerprint density at radius 1 is 1.26 bits per heavy atom. The number of anilines is 2. The number of fused-ring (bicyclic) bond motifs is 1. The summed E-state index contributed by atoms with van der Waals surface area (Å²) in [6.07, 6.45) is 0. The van der Waals surface area contributed by atoms with Crippen LogP contribution in [-0.2, 0) is 0 Å². The third-order valence-electron chi connectivity index (χ3n) is 3.46. The van der Waals surface area contributed by atoms with E-state index in [0.29, 0.717) is 17.4 Å². The molecule has 0 aromatic carbocycles. The molecule has 1 saturated heterocycles. The number of nitrogen functional groups attached to an aromatic ring is 1. The van der Waals surface area contributed by atoms with Gasteiger partial charge in [-0.25, -0.2) is 4.98 Å². The molecule has 6 nitrogen and oxygen atoms in total. The molecule has 4 N–H and O–H groups in total. The fourth-order valence-electron chi connectivity index (χ4n) is 2.42. The summed E-state index contributed by atoms with van der Waals surface area (Å²) in [7, 11) is 0. The lowest BCUT2D eigenvalue weighted by molar-refractivity contribution is 0.337. The van der Waals surface area contributed by atoms with Gasteiger partial charge >= 0.3 is 0 Å². The van der Waals surface area contributed by atoms with Crippen LogP contribution in [0.2, 0.25) is 0 Å². The largest absolute Gasteiger partial charge is 0.383 e. The number of hydrogen-bond acceptors (Lipinski definition) is 6. The van der Waals surface area contributed by atoms with Crippen molar-refractivity contribution in [3.8, 4) is 0 Å². The van der Waals surface area contributed by atoms with Gasteiger partial charge in [-0.1, -0.05) is 0 Å². The molecule has 0 unspecified atom stereocenters. The molecular formula is C13H18N6. The number of pyridine rings is 1.